The van der Waals surface area contributed by atoms with Gasteiger partial charge in [-0.25, -0.2) is 0 Å². The summed E-state index contributed by atoms with van der Waals surface area (Å²) >= 11 is 1.86. The smallest absolute Gasteiger partial charge is 0.0330 e. The van der Waals surface area contributed by atoms with E-state index in [0.717, 1.165) is 6.54 Å². The summed E-state index contributed by atoms with van der Waals surface area (Å²) in [6.07, 6.45) is 3.78. The summed E-state index contributed by atoms with van der Waals surface area (Å²) in [6.45, 7) is 9.81. The number of hydrogen-bond donors (Lipinski definition) is 1. The zero-order chi connectivity index (χ0) is 12.7. The molecule has 1 aromatic rings. The molecule has 0 aromatic carbocycles. The second kappa shape index (κ2) is 7.85. The average Bonchev–Trinajstić information content (AvgIpc) is 2.81. The Morgan fingerprint density at radius 1 is 1.29 bits per heavy atom. The van der Waals surface area contributed by atoms with E-state index in [1.54, 1.807) is 0 Å². The SMILES string of the molecule is CCCCN(Cc1ccc(CN)s1)C(C)CC. The fourth-order valence-electron chi connectivity index (χ4n) is 1.89. The van der Waals surface area contributed by atoms with Crippen molar-refractivity contribution in [3.63, 3.8) is 0 Å². The predicted octanol–water partition coefficient (Wildman–Crippen LogP) is 3.61. The molecule has 0 amide bonds. The molecule has 0 bridgehead atoms. The van der Waals surface area contributed by atoms with Gasteiger partial charge in [-0.05, 0) is 38.4 Å². The minimum Gasteiger partial charge on any atom is -0.326 e. The highest BCUT2D eigenvalue weighted by Gasteiger charge is 2.13. The van der Waals surface area contributed by atoms with Crippen LogP contribution in [0.15, 0.2) is 12.1 Å². The van der Waals surface area contributed by atoms with Gasteiger partial charge in [-0.15, -0.1) is 11.3 Å². The van der Waals surface area contributed by atoms with Gasteiger partial charge in [0.1, 0.15) is 0 Å². The lowest BCUT2D eigenvalue weighted by atomic mass is 10.2. The van der Waals surface area contributed by atoms with E-state index >= 15 is 0 Å². The summed E-state index contributed by atoms with van der Waals surface area (Å²) in [5, 5.41) is 0. The van der Waals surface area contributed by atoms with Crippen molar-refractivity contribution >= 4 is 11.3 Å². The van der Waals surface area contributed by atoms with Gasteiger partial charge in [-0.1, -0.05) is 20.3 Å². The highest BCUT2D eigenvalue weighted by molar-refractivity contribution is 7.11. The average molecular weight is 254 g/mol. The number of thiophene rings is 1. The van der Waals surface area contributed by atoms with Crippen molar-refractivity contribution in [1.29, 1.82) is 0 Å². The van der Waals surface area contributed by atoms with Crippen LogP contribution in [0.1, 0.15) is 49.8 Å². The van der Waals surface area contributed by atoms with E-state index in [1.165, 1.54) is 35.6 Å². The van der Waals surface area contributed by atoms with E-state index in [-0.39, 0.29) is 0 Å². The van der Waals surface area contributed by atoms with Crippen molar-refractivity contribution in [3.8, 4) is 0 Å². The van der Waals surface area contributed by atoms with Crippen molar-refractivity contribution in [2.75, 3.05) is 6.54 Å². The zero-order valence-electron chi connectivity index (χ0n) is 11.4. The normalized spacial score (nSPS) is 13.2. The molecule has 0 saturated carbocycles. The highest BCUT2D eigenvalue weighted by atomic mass is 32.1. The molecule has 1 heterocycles. The van der Waals surface area contributed by atoms with Crippen LogP contribution in [0, 0.1) is 0 Å². The summed E-state index contributed by atoms with van der Waals surface area (Å²) < 4.78 is 0. The first kappa shape index (κ1) is 14.7. The second-order valence-corrected chi connectivity index (χ2v) is 5.91. The third-order valence-corrected chi connectivity index (χ3v) is 4.38. The Hall–Kier alpha value is -0.380. The minimum atomic E-state index is 0.670. The standard InChI is InChI=1S/C14H26N2S/c1-4-6-9-16(12(3)5-2)11-14-8-7-13(10-15)17-14/h7-8,12H,4-6,9-11,15H2,1-3H3. The van der Waals surface area contributed by atoms with Gasteiger partial charge in [-0.2, -0.15) is 0 Å². The quantitative estimate of drug-likeness (QED) is 0.768. The first-order valence-corrected chi connectivity index (χ1v) is 7.54. The highest BCUT2D eigenvalue weighted by Crippen LogP contribution is 2.20. The molecule has 0 saturated heterocycles. The molecule has 3 heteroatoms. The first-order chi connectivity index (χ1) is 8.21. The fourth-order valence-corrected chi connectivity index (χ4v) is 2.81. The van der Waals surface area contributed by atoms with E-state index in [2.05, 4.69) is 37.8 Å². The third-order valence-electron chi connectivity index (χ3n) is 3.29. The van der Waals surface area contributed by atoms with E-state index in [9.17, 15) is 0 Å². The maximum absolute atomic E-state index is 5.66. The van der Waals surface area contributed by atoms with Gasteiger partial charge in [0.25, 0.3) is 0 Å². The summed E-state index contributed by atoms with van der Waals surface area (Å²) in [4.78, 5) is 5.33. The molecule has 0 aliphatic rings. The lowest BCUT2D eigenvalue weighted by Gasteiger charge is -2.27. The Morgan fingerprint density at radius 2 is 2.00 bits per heavy atom. The van der Waals surface area contributed by atoms with Crippen molar-refractivity contribution in [2.24, 2.45) is 5.73 Å². The maximum Gasteiger partial charge on any atom is 0.0330 e. The lowest BCUT2D eigenvalue weighted by molar-refractivity contribution is 0.194. The van der Waals surface area contributed by atoms with E-state index in [1.807, 2.05) is 11.3 Å². The monoisotopic (exact) mass is 254 g/mol. The van der Waals surface area contributed by atoms with Crippen LogP contribution in [0.5, 0.6) is 0 Å². The van der Waals surface area contributed by atoms with Crippen LogP contribution in [0.25, 0.3) is 0 Å². The number of unbranched alkanes of at least 4 members (excludes halogenated alkanes) is 1. The summed E-state index contributed by atoms with van der Waals surface area (Å²) in [6, 6.07) is 5.06. The Morgan fingerprint density at radius 3 is 2.53 bits per heavy atom. The Balaban J connectivity index is 2.57. The van der Waals surface area contributed by atoms with Crippen molar-refractivity contribution < 1.29 is 0 Å². The van der Waals surface area contributed by atoms with Crippen LogP contribution >= 0.6 is 11.3 Å². The van der Waals surface area contributed by atoms with Crippen molar-refractivity contribution in [2.45, 2.75) is 59.2 Å². The van der Waals surface area contributed by atoms with Gasteiger partial charge in [-0.3, -0.25) is 4.90 Å². The number of nitrogens with two attached hydrogens (primary N) is 1. The molecule has 1 aromatic heterocycles. The van der Waals surface area contributed by atoms with E-state index in [4.69, 9.17) is 5.73 Å². The number of nitrogens with zero attached hydrogens (tertiary/aromatic N) is 1. The Bertz CT molecular complexity index is 309. The molecular formula is C14H26N2S. The molecular weight excluding hydrogens is 228 g/mol. The molecule has 1 unspecified atom stereocenters. The predicted molar refractivity (Wildman–Crippen MR) is 77.3 cm³/mol. The van der Waals surface area contributed by atoms with Gasteiger partial charge in [0.15, 0.2) is 0 Å². The molecule has 0 radical (unpaired) electrons. The fraction of sp³-hybridized carbons (Fsp3) is 0.714. The van der Waals surface area contributed by atoms with Crippen LogP contribution < -0.4 is 5.73 Å². The van der Waals surface area contributed by atoms with Gasteiger partial charge >= 0.3 is 0 Å². The summed E-state index contributed by atoms with van der Waals surface area (Å²) in [5.41, 5.74) is 5.66. The van der Waals surface area contributed by atoms with Crippen molar-refractivity contribution in [3.05, 3.63) is 21.9 Å². The molecule has 17 heavy (non-hydrogen) atoms. The Kier molecular flexibility index (Phi) is 6.78. The molecule has 98 valence electrons. The molecule has 2 N–H and O–H groups in total. The van der Waals surface area contributed by atoms with Crippen LogP contribution in [0.3, 0.4) is 0 Å². The number of rotatable bonds is 8. The maximum atomic E-state index is 5.66. The largest absolute Gasteiger partial charge is 0.326 e. The van der Waals surface area contributed by atoms with Crippen molar-refractivity contribution in [1.82, 2.24) is 4.90 Å². The van der Waals surface area contributed by atoms with Crippen LogP contribution in [-0.4, -0.2) is 17.5 Å². The van der Waals surface area contributed by atoms with Gasteiger partial charge in [0, 0.05) is 28.9 Å². The molecule has 0 fully saturated rings. The molecule has 0 spiro atoms. The van der Waals surface area contributed by atoms with Crippen LogP contribution in [0.4, 0.5) is 0 Å². The van der Waals surface area contributed by atoms with Gasteiger partial charge < -0.3 is 5.73 Å². The van der Waals surface area contributed by atoms with E-state index in [0.29, 0.717) is 12.6 Å². The first-order valence-electron chi connectivity index (χ1n) is 6.72. The number of hydrogen-bond acceptors (Lipinski definition) is 3. The summed E-state index contributed by atoms with van der Waals surface area (Å²) in [5.74, 6) is 0. The zero-order valence-corrected chi connectivity index (χ0v) is 12.2. The molecule has 0 aliphatic carbocycles. The van der Waals surface area contributed by atoms with Crippen LogP contribution in [-0.2, 0) is 13.1 Å². The molecule has 1 atom stereocenters. The minimum absolute atomic E-state index is 0.670. The van der Waals surface area contributed by atoms with Crippen LogP contribution in [0.2, 0.25) is 0 Å². The second-order valence-electron chi connectivity index (χ2n) is 4.65. The Labute approximate surface area is 110 Å². The topological polar surface area (TPSA) is 29.3 Å². The van der Waals surface area contributed by atoms with E-state index < -0.39 is 0 Å². The molecule has 1 rings (SSSR count). The third kappa shape index (κ3) is 4.78. The molecule has 0 aliphatic heterocycles. The van der Waals surface area contributed by atoms with Gasteiger partial charge in [0.05, 0.1) is 0 Å². The lowest BCUT2D eigenvalue weighted by Crippen LogP contribution is -2.32. The van der Waals surface area contributed by atoms with Gasteiger partial charge in [0.2, 0.25) is 0 Å². The summed E-state index contributed by atoms with van der Waals surface area (Å²) in [7, 11) is 0. The molecule has 2 nitrogen and oxygen atoms in total.